The van der Waals surface area contributed by atoms with E-state index in [0.29, 0.717) is 28.7 Å². The fourth-order valence-electron chi connectivity index (χ4n) is 2.38. The number of hydrogen-bond donors (Lipinski definition) is 2. The van der Waals surface area contributed by atoms with Crippen molar-refractivity contribution in [3.05, 3.63) is 53.1 Å². The number of carbonyl (C=O) groups is 2. The van der Waals surface area contributed by atoms with Gasteiger partial charge in [-0.1, -0.05) is 35.1 Å². The molecule has 0 atom stereocenters. The minimum absolute atomic E-state index is 0.0643. The van der Waals surface area contributed by atoms with Crippen LogP contribution in [0.1, 0.15) is 18.9 Å². The van der Waals surface area contributed by atoms with Crippen molar-refractivity contribution in [3.63, 3.8) is 0 Å². The van der Waals surface area contributed by atoms with E-state index in [4.69, 9.17) is 11.6 Å². The summed E-state index contributed by atoms with van der Waals surface area (Å²) in [6, 6.07) is 12.9. The first kappa shape index (κ1) is 17.4. The van der Waals surface area contributed by atoms with Crippen molar-refractivity contribution in [2.75, 3.05) is 10.6 Å². The maximum atomic E-state index is 12.1. The van der Waals surface area contributed by atoms with Crippen LogP contribution in [0.25, 0.3) is 10.2 Å². The Labute approximate surface area is 154 Å². The fourth-order valence-corrected chi connectivity index (χ4v) is 3.54. The van der Waals surface area contributed by atoms with E-state index in [2.05, 4.69) is 15.6 Å². The number of aromatic nitrogens is 1. The van der Waals surface area contributed by atoms with E-state index in [9.17, 15) is 9.59 Å². The Balaban J connectivity index is 1.62. The van der Waals surface area contributed by atoms with Crippen LogP contribution in [0.2, 0.25) is 5.02 Å². The second-order valence-corrected chi connectivity index (χ2v) is 7.03. The lowest BCUT2D eigenvalue weighted by molar-refractivity contribution is -0.116. The molecule has 3 rings (SSSR count). The summed E-state index contributed by atoms with van der Waals surface area (Å²) in [5.41, 5.74) is 2.57. The van der Waals surface area contributed by atoms with E-state index < -0.39 is 0 Å². The molecule has 2 amide bonds. The summed E-state index contributed by atoms with van der Waals surface area (Å²) < 4.78 is 0.983. The van der Waals surface area contributed by atoms with Crippen LogP contribution in [-0.4, -0.2) is 16.8 Å². The molecule has 0 radical (unpaired) electrons. The number of aryl methyl sites for hydroxylation is 1. The highest BCUT2D eigenvalue weighted by Gasteiger charge is 2.08. The average molecular weight is 374 g/mol. The number of nitrogens with one attached hydrogen (secondary N) is 2. The first-order chi connectivity index (χ1) is 12.0. The van der Waals surface area contributed by atoms with Gasteiger partial charge in [0.2, 0.25) is 11.8 Å². The highest BCUT2D eigenvalue weighted by molar-refractivity contribution is 7.22. The van der Waals surface area contributed by atoms with Crippen LogP contribution in [0, 0.1) is 0 Å². The number of anilines is 2. The largest absolute Gasteiger partial charge is 0.326 e. The Hall–Kier alpha value is -2.44. The third-order valence-electron chi connectivity index (χ3n) is 3.48. The Kier molecular flexibility index (Phi) is 5.31. The summed E-state index contributed by atoms with van der Waals surface area (Å²) in [7, 11) is 0. The van der Waals surface area contributed by atoms with Crippen LogP contribution in [-0.2, 0) is 16.0 Å². The second-order valence-electron chi connectivity index (χ2n) is 5.56. The SMILES string of the molecule is CC(=O)Nc1nc2ccc(CCC(=O)Nc3cccc(Cl)c3)cc2s1. The molecule has 5 nitrogen and oxygen atoms in total. The first-order valence-corrected chi connectivity index (χ1v) is 8.91. The molecule has 0 spiro atoms. The van der Waals surface area contributed by atoms with Gasteiger partial charge in [0, 0.05) is 24.1 Å². The zero-order valence-electron chi connectivity index (χ0n) is 13.5. The molecular formula is C18H16ClN3O2S. The van der Waals surface area contributed by atoms with Crippen molar-refractivity contribution >= 4 is 55.8 Å². The fraction of sp³-hybridized carbons (Fsp3) is 0.167. The lowest BCUT2D eigenvalue weighted by Gasteiger charge is -2.05. The summed E-state index contributed by atoms with van der Waals surface area (Å²) in [4.78, 5) is 27.5. The zero-order chi connectivity index (χ0) is 17.8. The molecule has 0 aliphatic rings. The highest BCUT2D eigenvalue weighted by atomic mass is 35.5. The molecule has 2 aromatic carbocycles. The minimum atomic E-state index is -0.142. The smallest absolute Gasteiger partial charge is 0.224 e. The van der Waals surface area contributed by atoms with Crippen LogP contribution in [0.5, 0.6) is 0 Å². The normalized spacial score (nSPS) is 10.6. The molecule has 1 aromatic heterocycles. The lowest BCUT2D eigenvalue weighted by Crippen LogP contribution is -2.12. The number of halogens is 1. The Morgan fingerprint density at radius 1 is 1.16 bits per heavy atom. The van der Waals surface area contributed by atoms with E-state index in [1.54, 1.807) is 24.3 Å². The predicted octanol–water partition coefficient (Wildman–Crippen LogP) is 4.48. The van der Waals surface area contributed by atoms with Crippen LogP contribution in [0.15, 0.2) is 42.5 Å². The van der Waals surface area contributed by atoms with Crippen molar-refractivity contribution in [2.24, 2.45) is 0 Å². The van der Waals surface area contributed by atoms with E-state index in [1.807, 2.05) is 18.2 Å². The first-order valence-electron chi connectivity index (χ1n) is 7.72. The number of benzene rings is 2. The number of nitrogens with zero attached hydrogens (tertiary/aromatic N) is 1. The topological polar surface area (TPSA) is 71.1 Å². The molecule has 0 aliphatic carbocycles. The molecule has 0 bridgehead atoms. The summed E-state index contributed by atoms with van der Waals surface area (Å²) in [6.45, 7) is 1.45. The maximum Gasteiger partial charge on any atom is 0.224 e. The third kappa shape index (κ3) is 4.78. The van der Waals surface area contributed by atoms with E-state index in [0.717, 1.165) is 15.8 Å². The van der Waals surface area contributed by atoms with Crippen LogP contribution >= 0.6 is 22.9 Å². The van der Waals surface area contributed by atoms with Gasteiger partial charge in [-0.2, -0.15) is 0 Å². The van der Waals surface area contributed by atoms with Gasteiger partial charge in [-0.25, -0.2) is 4.98 Å². The predicted molar refractivity (Wildman–Crippen MR) is 102 cm³/mol. The molecule has 1 heterocycles. The van der Waals surface area contributed by atoms with Crippen LogP contribution in [0.4, 0.5) is 10.8 Å². The Morgan fingerprint density at radius 3 is 2.76 bits per heavy atom. The monoisotopic (exact) mass is 373 g/mol. The van der Waals surface area contributed by atoms with E-state index in [-0.39, 0.29) is 11.8 Å². The van der Waals surface area contributed by atoms with E-state index in [1.165, 1.54) is 18.3 Å². The average Bonchev–Trinajstić information content (AvgIpc) is 2.93. The van der Waals surface area contributed by atoms with Crippen molar-refractivity contribution in [1.29, 1.82) is 0 Å². The van der Waals surface area contributed by atoms with Gasteiger partial charge in [-0.05, 0) is 42.3 Å². The number of rotatable bonds is 5. The number of amides is 2. The van der Waals surface area contributed by atoms with Gasteiger partial charge in [-0.15, -0.1) is 0 Å². The Bertz CT molecular complexity index is 939. The molecule has 128 valence electrons. The molecule has 2 N–H and O–H groups in total. The number of hydrogen-bond acceptors (Lipinski definition) is 4. The molecule has 25 heavy (non-hydrogen) atoms. The molecule has 3 aromatic rings. The van der Waals surface area contributed by atoms with Crippen molar-refractivity contribution in [3.8, 4) is 0 Å². The molecular weight excluding hydrogens is 358 g/mol. The minimum Gasteiger partial charge on any atom is -0.326 e. The summed E-state index contributed by atoms with van der Waals surface area (Å²) >= 11 is 7.33. The lowest BCUT2D eigenvalue weighted by atomic mass is 10.1. The zero-order valence-corrected chi connectivity index (χ0v) is 15.1. The van der Waals surface area contributed by atoms with Gasteiger partial charge < -0.3 is 10.6 Å². The Morgan fingerprint density at radius 2 is 2.00 bits per heavy atom. The van der Waals surface area contributed by atoms with Gasteiger partial charge in [0.15, 0.2) is 5.13 Å². The summed E-state index contributed by atoms with van der Waals surface area (Å²) in [5.74, 6) is -0.206. The number of thiazole rings is 1. The standard InChI is InChI=1S/C18H16ClN3O2S/c1-11(23)20-18-22-15-7-5-12(9-16(15)25-18)6-8-17(24)21-14-4-2-3-13(19)10-14/h2-5,7,9-10H,6,8H2,1H3,(H,21,24)(H,20,22,23). The van der Waals surface area contributed by atoms with Gasteiger partial charge in [0.25, 0.3) is 0 Å². The van der Waals surface area contributed by atoms with Crippen molar-refractivity contribution in [2.45, 2.75) is 19.8 Å². The van der Waals surface area contributed by atoms with Crippen LogP contribution in [0.3, 0.4) is 0 Å². The third-order valence-corrected chi connectivity index (χ3v) is 4.65. The van der Waals surface area contributed by atoms with Gasteiger partial charge in [0.05, 0.1) is 10.2 Å². The van der Waals surface area contributed by atoms with E-state index >= 15 is 0 Å². The highest BCUT2D eigenvalue weighted by Crippen LogP contribution is 2.27. The second kappa shape index (κ2) is 7.63. The van der Waals surface area contributed by atoms with Crippen molar-refractivity contribution in [1.82, 2.24) is 4.98 Å². The number of fused-ring (bicyclic) bond motifs is 1. The molecule has 0 saturated carbocycles. The summed E-state index contributed by atoms with van der Waals surface area (Å²) in [5, 5.41) is 6.69. The molecule has 0 saturated heterocycles. The number of carbonyl (C=O) groups excluding carboxylic acids is 2. The van der Waals surface area contributed by atoms with Crippen molar-refractivity contribution < 1.29 is 9.59 Å². The summed E-state index contributed by atoms with van der Waals surface area (Å²) in [6.07, 6.45) is 0.991. The molecule has 0 aliphatic heterocycles. The molecule has 0 fully saturated rings. The quantitative estimate of drug-likeness (QED) is 0.692. The van der Waals surface area contributed by atoms with Gasteiger partial charge in [-0.3, -0.25) is 9.59 Å². The van der Waals surface area contributed by atoms with Gasteiger partial charge in [0.1, 0.15) is 0 Å². The molecule has 0 unspecified atom stereocenters. The molecule has 7 heteroatoms. The van der Waals surface area contributed by atoms with Crippen LogP contribution < -0.4 is 10.6 Å². The maximum absolute atomic E-state index is 12.1. The van der Waals surface area contributed by atoms with Gasteiger partial charge >= 0.3 is 0 Å².